The molecule has 1 saturated carbocycles. The van der Waals surface area contributed by atoms with Crippen LogP contribution >= 0.6 is 0 Å². The van der Waals surface area contributed by atoms with Gasteiger partial charge in [-0.3, -0.25) is 0 Å². The summed E-state index contributed by atoms with van der Waals surface area (Å²) in [5.41, 5.74) is 2.31. The van der Waals surface area contributed by atoms with Crippen LogP contribution in [0.25, 0.3) is 0 Å². The molecule has 3 rings (SSSR count). The SMILES string of the molecule is C[C@@H]1[C@H](O)C=C(/C=C/C2=CCC[C@@]3(C)[C@@H]2CC[C@@H]3[C@H](C)CCCC(C)(C)O)C[C@H]1O. The van der Waals surface area contributed by atoms with E-state index in [1.54, 1.807) is 0 Å². The fourth-order valence-electron chi connectivity index (χ4n) is 6.46. The summed E-state index contributed by atoms with van der Waals surface area (Å²) in [5.74, 6) is 1.97. The highest BCUT2D eigenvalue weighted by Gasteiger charge is 2.49. The van der Waals surface area contributed by atoms with E-state index in [2.05, 4.69) is 32.1 Å². The van der Waals surface area contributed by atoms with E-state index >= 15 is 0 Å². The summed E-state index contributed by atoms with van der Waals surface area (Å²) in [4.78, 5) is 0. The van der Waals surface area contributed by atoms with E-state index in [1.807, 2.05) is 26.8 Å². The van der Waals surface area contributed by atoms with Crippen molar-refractivity contribution in [2.45, 2.75) is 104 Å². The second-order valence-electron chi connectivity index (χ2n) is 11.4. The standard InChI is InChI=1S/C27H44O3/c1-18(8-6-14-26(3,4)30)22-12-13-23-21(9-7-15-27(22,23)5)11-10-20-16-24(28)19(2)25(29)17-20/h9-11,16,18-19,22-25,28-30H,6-8,12-15,17H2,1-5H3/b11-10+/t18-,19-,22-,23-,24-,25-,27-/m1/s1. The molecule has 7 atom stereocenters. The van der Waals surface area contributed by atoms with Gasteiger partial charge < -0.3 is 15.3 Å². The number of hydrogen-bond acceptors (Lipinski definition) is 3. The van der Waals surface area contributed by atoms with Crippen LogP contribution in [-0.2, 0) is 0 Å². The molecule has 1 fully saturated rings. The summed E-state index contributed by atoms with van der Waals surface area (Å²) >= 11 is 0. The maximum absolute atomic E-state index is 10.2. The molecular weight excluding hydrogens is 372 g/mol. The third kappa shape index (κ3) is 5.29. The van der Waals surface area contributed by atoms with Gasteiger partial charge in [0.1, 0.15) is 0 Å². The molecule has 0 bridgehead atoms. The largest absolute Gasteiger partial charge is 0.392 e. The molecule has 0 unspecified atom stereocenters. The number of aliphatic hydroxyl groups excluding tert-OH is 2. The first-order valence-electron chi connectivity index (χ1n) is 12.2. The van der Waals surface area contributed by atoms with Crippen LogP contribution in [0.5, 0.6) is 0 Å². The van der Waals surface area contributed by atoms with Crippen LogP contribution < -0.4 is 0 Å². The Labute approximate surface area is 184 Å². The molecule has 0 radical (unpaired) electrons. The maximum atomic E-state index is 10.2. The topological polar surface area (TPSA) is 60.7 Å². The molecule has 0 heterocycles. The highest BCUT2D eigenvalue weighted by molar-refractivity contribution is 5.35. The summed E-state index contributed by atoms with van der Waals surface area (Å²) in [7, 11) is 0. The van der Waals surface area contributed by atoms with E-state index in [9.17, 15) is 15.3 Å². The monoisotopic (exact) mass is 416 g/mol. The predicted octanol–water partition coefficient (Wildman–Crippen LogP) is 5.56. The van der Waals surface area contributed by atoms with Crippen LogP contribution in [0.2, 0.25) is 0 Å². The number of rotatable bonds is 7. The molecular formula is C27H44O3. The van der Waals surface area contributed by atoms with Crippen molar-refractivity contribution >= 4 is 0 Å². The Morgan fingerprint density at radius 1 is 1.23 bits per heavy atom. The Kier molecular flexibility index (Phi) is 7.37. The lowest BCUT2D eigenvalue weighted by Gasteiger charge is -2.43. The second kappa shape index (κ2) is 9.30. The zero-order valence-corrected chi connectivity index (χ0v) is 19.8. The van der Waals surface area contributed by atoms with Gasteiger partial charge in [0.05, 0.1) is 17.8 Å². The van der Waals surface area contributed by atoms with E-state index < -0.39 is 17.8 Å². The van der Waals surface area contributed by atoms with Crippen molar-refractivity contribution in [1.82, 2.24) is 0 Å². The van der Waals surface area contributed by atoms with Gasteiger partial charge in [0, 0.05) is 5.92 Å². The first kappa shape index (κ1) is 23.8. The molecule has 3 aliphatic carbocycles. The fraction of sp³-hybridized carbons (Fsp3) is 0.778. The molecule has 3 heteroatoms. The normalized spacial score (nSPS) is 38.3. The van der Waals surface area contributed by atoms with Crippen molar-refractivity contribution in [1.29, 1.82) is 0 Å². The van der Waals surface area contributed by atoms with Crippen molar-refractivity contribution in [3.63, 3.8) is 0 Å². The van der Waals surface area contributed by atoms with Gasteiger partial charge in [0.2, 0.25) is 0 Å². The molecule has 0 spiro atoms. The molecule has 30 heavy (non-hydrogen) atoms. The molecule has 0 saturated heterocycles. The third-order valence-electron chi connectivity index (χ3n) is 8.47. The molecule has 0 aliphatic heterocycles. The van der Waals surface area contributed by atoms with Crippen LogP contribution in [0.3, 0.4) is 0 Å². The van der Waals surface area contributed by atoms with Crippen LogP contribution in [0.1, 0.15) is 86.0 Å². The number of hydrogen-bond donors (Lipinski definition) is 3. The van der Waals surface area contributed by atoms with E-state index in [1.165, 1.54) is 31.3 Å². The molecule has 0 aromatic carbocycles. The lowest BCUT2D eigenvalue weighted by atomic mass is 9.62. The van der Waals surface area contributed by atoms with Gasteiger partial charge in [0.25, 0.3) is 0 Å². The van der Waals surface area contributed by atoms with Crippen LogP contribution in [0, 0.1) is 29.1 Å². The van der Waals surface area contributed by atoms with Gasteiger partial charge in [0.15, 0.2) is 0 Å². The average Bonchev–Trinajstić information content (AvgIpc) is 3.00. The minimum absolute atomic E-state index is 0.0900. The first-order chi connectivity index (χ1) is 14.0. The number of aliphatic hydroxyl groups is 3. The number of allylic oxidation sites excluding steroid dienone is 4. The zero-order chi connectivity index (χ0) is 22.1. The quantitative estimate of drug-likeness (QED) is 0.509. The highest BCUT2D eigenvalue weighted by Crippen LogP contribution is 2.58. The molecule has 0 aromatic rings. The van der Waals surface area contributed by atoms with Crippen LogP contribution in [0.15, 0.2) is 35.5 Å². The average molecular weight is 417 g/mol. The van der Waals surface area contributed by atoms with Crippen LogP contribution in [-0.4, -0.2) is 33.1 Å². The van der Waals surface area contributed by atoms with Gasteiger partial charge in [-0.25, -0.2) is 0 Å². The Bertz CT molecular complexity index is 683. The smallest absolute Gasteiger partial charge is 0.0776 e. The van der Waals surface area contributed by atoms with Crippen molar-refractivity contribution < 1.29 is 15.3 Å². The van der Waals surface area contributed by atoms with Crippen molar-refractivity contribution in [2.75, 3.05) is 0 Å². The molecule has 3 aliphatic rings. The van der Waals surface area contributed by atoms with Gasteiger partial charge >= 0.3 is 0 Å². The summed E-state index contributed by atoms with van der Waals surface area (Å²) in [6, 6.07) is 0. The second-order valence-corrected chi connectivity index (χ2v) is 11.4. The molecule has 0 aromatic heterocycles. The van der Waals surface area contributed by atoms with Crippen LogP contribution in [0.4, 0.5) is 0 Å². The summed E-state index contributed by atoms with van der Waals surface area (Å²) < 4.78 is 0. The Balaban J connectivity index is 1.65. The predicted molar refractivity (Wildman–Crippen MR) is 124 cm³/mol. The van der Waals surface area contributed by atoms with Gasteiger partial charge in [-0.2, -0.15) is 0 Å². The highest BCUT2D eigenvalue weighted by atomic mass is 16.3. The third-order valence-corrected chi connectivity index (χ3v) is 8.47. The Hall–Kier alpha value is -0.900. The molecule has 3 nitrogen and oxygen atoms in total. The lowest BCUT2D eigenvalue weighted by molar-refractivity contribution is 0.0367. The van der Waals surface area contributed by atoms with Gasteiger partial charge in [-0.05, 0) is 86.7 Å². The van der Waals surface area contributed by atoms with Crippen molar-refractivity contribution in [2.24, 2.45) is 29.1 Å². The minimum atomic E-state index is -0.556. The summed E-state index contributed by atoms with van der Waals surface area (Å²) in [6.07, 6.45) is 16.5. The minimum Gasteiger partial charge on any atom is -0.392 e. The molecule has 3 N–H and O–H groups in total. The molecule has 0 amide bonds. The maximum Gasteiger partial charge on any atom is 0.0776 e. The summed E-state index contributed by atoms with van der Waals surface area (Å²) in [6.45, 7) is 10.7. The Morgan fingerprint density at radius 3 is 2.63 bits per heavy atom. The van der Waals surface area contributed by atoms with E-state index in [0.717, 1.165) is 30.8 Å². The van der Waals surface area contributed by atoms with Crippen molar-refractivity contribution in [3.8, 4) is 0 Å². The lowest BCUT2D eigenvalue weighted by Crippen LogP contribution is -2.35. The van der Waals surface area contributed by atoms with Gasteiger partial charge in [-0.15, -0.1) is 0 Å². The Morgan fingerprint density at radius 2 is 1.97 bits per heavy atom. The van der Waals surface area contributed by atoms with Crippen molar-refractivity contribution in [3.05, 3.63) is 35.5 Å². The molecule has 170 valence electrons. The van der Waals surface area contributed by atoms with E-state index in [-0.39, 0.29) is 5.92 Å². The van der Waals surface area contributed by atoms with E-state index in [4.69, 9.17) is 0 Å². The zero-order valence-electron chi connectivity index (χ0n) is 19.8. The van der Waals surface area contributed by atoms with Gasteiger partial charge in [-0.1, -0.05) is 57.9 Å². The fourth-order valence-corrected chi connectivity index (χ4v) is 6.46. The first-order valence-corrected chi connectivity index (χ1v) is 12.2. The summed E-state index contributed by atoms with van der Waals surface area (Å²) in [5, 5.41) is 30.4. The number of fused-ring (bicyclic) bond motifs is 1. The van der Waals surface area contributed by atoms with E-state index in [0.29, 0.717) is 23.7 Å².